The number of hydrogen-bond acceptors (Lipinski definition) is 6. The number of nitrogens with zero attached hydrogens (tertiary/aromatic N) is 1. The number of hydrogen-bond donors (Lipinski definition) is 1. The van der Waals surface area contributed by atoms with Crippen LogP contribution in [0.15, 0.2) is 53.9 Å². The lowest BCUT2D eigenvalue weighted by Crippen LogP contribution is -2.16. The Hall–Kier alpha value is -3.23. The van der Waals surface area contributed by atoms with Crippen molar-refractivity contribution in [2.45, 2.75) is 6.92 Å². The molecule has 1 heterocycles. The van der Waals surface area contributed by atoms with Crippen LogP contribution in [-0.2, 0) is 4.74 Å². The summed E-state index contributed by atoms with van der Waals surface area (Å²) in [6.07, 6.45) is 0. The highest BCUT2D eigenvalue weighted by atomic mass is 35.5. The Labute approximate surface area is 175 Å². The number of ether oxygens (including phenoxy) is 1. The van der Waals surface area contributed by atoms with Crippen molar-refractivity contribution in [3.8, 4) is 11.1 Å². The molecule has 0 radical (unpaired) electrons. The summed E-state index contributed by atoms with van der Waals surface area (Å²) in [6, 6.07) is 12.9. The quantitative estimate of drug-likeness (QED) is 0.320. The van der Waals surface area contributed by atoms with Gasteiger partial charge in [0.2, 0.25) is 0 Å². The summed E-state index contributed by atoms with van der Waals surface area (Å²) in [6.45, 7) is 1.85. The summed E-state index contributed by atoms with van der Waals surface area (Å²) in [7, 11) is 0. The van der Waals surface area contributed by atoms with Crippen LogP contribution < -0.4 is 5.32 Å². The van der Waals surface area contributed by atoms with Crippen molar-refractivity contribution < 1.29 is 19.2 Å². The number of carbonyl (C=O) groups is 2. The van der Waals surface area contributed by atoms with Crippen molar-refractivity contribution >= 4 is 45.5 Å². The van der Waals surface area contributed by atoms with Crippen LogP contribution in [-0.4, -0.2) is 23.4 Å². The molecule has 1 N–H and O–H groups in total. The van der Waals surface area contributed by atoms with Gasteiger partial charge in [0.1, 0.15) is 16.1 Å². The maximum atomic E-state index is 12.7. The Kier molecular flexibility index (Phi) is 6.26. The second-order valence-corrected chi connectivity index (χ2v) is 7.13. The van der Waals surface area contributed by atoms with Gasteiger partial charge in [0, 0.05) is 22.0 Å². The van der Waals surface area contributed by atoms with Crippen LogP contribution in [0, 0.1) is 10.1 Å². The summed E-state index contributed by atoms with van der Waals surface area (Å²) in [5, 5.41) is 16.0. The standard InChI is InChI=1S/C20H15ClN2O5S/c1-2-28-20(25)17-15(12-6-4-3-5-7-12)11-29-19(17)22-18(24)14-9-8-13(21)10-16(14)23(26)27/h3-11H,2H2,1H3,(H,22,24). The van der Waals surface area contributed by atoms with Gasteiger partial charge in [-0.25, -0.2) is 4.79 Å². The van der Waals surface area contributed by atoms with Gasteiger partial charge in [-0.2, -0.15) is 0 Å². The van der Waals surface area contributed by atoms with Crippen molar-refractivity contribution in [2.24, 2.45) is 0 Å². The first-order valence-electron chi connectivity index (χ1n) is 8.51. The number of amides is 1. The molecular weight excluding hydrogens is 416 g/mol. The highest BCUT2D eigenvalue weighted by Gasteiger charge is 2.26. The average molecular weight is 431 g/mol. The minimum atomic E-state index is -0.722. The lowest BCUT2D eigenvalue weighted by molar-refractivity contribution is -0.385. The van der Waals surface area contributed by atoms with Crippen LogP contribution in [0.5, 0.6) is 0 Å². The van der Waals surface area contributed by atoms with Crippen LogP contribution in [0.3, 0.4) is 0 Å². The summed E-state index contributed by atoms with van der Waals surface area (Å²) in [5.74, 6) is -1.31. The summed E-state index contributed by atoms with van der Waals surface area (Å²) < 4.78 is 5.14. The summed E-state index contributed by atoms with van der Waals surface area (Å²) >= 11 is 6.94. The number of rotatable bonds is 6. The molecule has 3 aromatic rings. The monoisotopic (exact) mass is 430 g/mol. The molecule has 7 nitrogen and oxygen atoms in total. The minimum absolute atomic E-state index is 0.142. The molecule has 0 aliphatic heterocycles. The van der Waals surface area contributed by atoms with Gasteiger partial charge < -0.3 is 10.1 Å². The maximum Gasteiger partial charge on any atom is 0.341 e. The first-order chi connectivity index (χ1) is 13.9. The summed E-state index contributed by atoms with van der Waals surface area (Å²) in [4.78, 5) is 35.9. The molecule has 0 saturated heterocycles. The molecule has 148 valence electrons. The fourth-order valence-corrected chi connectivity index (χ4v) is 3.82. The number of halogens is 1. The van der Waals surface area contributed by atoms with Crippen LogP contribution >= 0.6 is 22.9 Å². The van der Waals surface area contributed by atoms with Gasteiger partial charge in [-0.1, -0.05) is 41.9 Å². The molecule has 1 aromatic heterocycles. The predicted octanol–water partition coefficient (Wildman–Crippen LogP) is 5.41. The van der Waals surface area contributed by atoms with Gasteiger partial charge in [-0.3, -0.25) is 14.9 Å². The lowest BCUT2D eigenvalue weighted by atomic mass is 10.0. The smallest absolute Gasteiger partial charge is 0.341 e. The van der Waals surface area contributed by atoms with E-state index in [1.165, 1.54) is 12.1 Å². The Morgan fingerprint density at radius 2 is 1.93 bits per heavy atom. The van der Waals surface area contributed by atoms with E-state index in [0.717, 1.165) is 23.0 Å². The van der Waals surface area contributed by atoms with E-state index >= 15 is 0 Å². The molecule has 0 saturated carbocycles. The van der Waals surface area contributed by atoms with Gasteiger partial charge in [-0.15, -0.1) is 11.3 Å². The molecule has 3 rings (SSSR count). The normalized spacial score (nSPS) is 10.4. The number of nitro groups is 1. The number of nitro benzene ring substituents is 1. The van der Waals surface area contributed by atoms with Crippen molar-refractivity contribution in [2.75, 3.05) is 11.9 Å². The molecule has 0 aliphatic rings. The van der Waals surface area contributed by atoms with Crippen LogP contribution in [0.1, 0.15) is 27.6 Å². The van der Waals surface area contributed by atoms with Crippen LogP contribution in [0.4, 0.5) is 10.7 Å². The Bertz CT molecular complexity index is 1080. The zero-order valence-corrected chi connectivity index (χ0v) is 16.8. The number of thiophene rings is 1. The van der Waals surface area contributed by atoms with E-state index in [0.29, 0.717) is 5.56 Å². The van der Waals surface area contributed by atoms with Gasteiger partial charge >= 0.3 is 5.97 Å². The van der Waals surface area contributed by atoms with E-state index in [1.54, 1.807) is 12.3 Å². The SMILES string of the molecule is CCOC(=O)c1c(-c2ccccc2)csc1NC(=O)c1ccc(Cl)cc1[N+](=O)[O-]. The number of anilines is 1. The molecule has 0 bridgehead atoms. The number of carbonyl (C=O) groups excluding carboxylic acids is 2. The highest BCUT2D eigenvalue weighted by molar-refractivity contribution is 7.15. The fraction of sp³-hybridized carbons (Fsp3) is 0.100. The van der Waals surface area contributed by atoms with E-state index in [-0.39, 0.29) is 27.8 Å². The average Bonchev–Trinajstić information content (AvgIpc) is 3.12. The van der Waals surface area contributed by atoms with Crippen LogP contribution in [0.25, 0.3) is 11.1 Å². The molecule has 0 unspecified atom stereocenters. The van der Waals surface area contributed by atoms with Gasteiger partial charge in [0.15, 0.2) is 0 Å². The fourth-order valence-electron chi connectivity index (χ4n) is 2.70. The number of benzene rings is 2. The van der Waals surface area contributed by atoms with Crippen LogP contribution in [0.2, 0.25) is 5.02 Å². The maximum absolute atomic E-state index is 12.7. The van der Waals surface area contributed by atoms with Crippen molar-refractivity contribution in [1.29, 1.82) is 0 Å². The Balaban J connectivity index is 2.02. The zero-order valence-electron chi connectivity index (χ0n) is 15.2. The second kappa shape index (κ2) is 8.85. The Morgan fingerprint density at radius 3 is 2.59 bits per heavy atom. The largest absolute Gasteiger partial charge is 0.462 e. The molecule has 9 heteroatoms. The van der Waals surface area contributed by atoms with Crippen molar-refractivity contribution in [3.63, 3.8) is 0 Å². The third-order valence-electron chi connectivity index (χ3n) is 3.98. The molecule has 2 aromatic carbocycles. The predicted molar refractivity (Wildman–Crippen MR) is 112 cm³/mol. The van der Waals surface area contributed by atoms with E-state index in [2.05, 4.69) is 5.32 Å². The molecule has 0 atom stereocenters. The third kappa shape index (κ3) is 4.44. The van der Waals surface area contributed by atoms with E-state index in [1.807, 2.05) is 30.3 Å². The molecule has 0 aliphatic carbocycles. The molecule has 1 amide bonds. The molecule has 0 spiro atoms. The van der Waals surface area contributed by atoms with E-state index in [9.17, 15) is 19.7 Å². The molecule has 29 heavy (non-hydrogen) atoms. The minimum Gasteiger partial charge on any atom is -0.462 e. The first kappa shape index (κ1) is 20.5. The van der Waals surface area contributed by atoms with Crippen molar-refractivity contribution in [1.82, 2.24) is 0 Å². The van der Waals surface area contributed by atoms with E-state index in [4.69, 9.17) is 16.3 Å². The van der Waals surface area contributed by atoms with Gasteiger partial charge in [0.25, 0.3) is 11.6 Å². The summed E-state index contributed by atoms with van der Waals surface area (Å²) in [5.41, 5.74) is 1.00. The Morgan fingerprint density at radius 1 is 1.21 bits per heavy atom. The molecule has 0 fully saturated rings. The van der Waals surface area contributed by atoms with Crippen molar-refractivity contribution in [3.05, 3.63) is 80.2 Å². The zero-order chi connectivity index (χ0) is 21.0. The topological polar surface area (TPSA) is 98.5 Å². The highest BCUT2D eigenvalue weighted by Crippen LogP contribution is 2.37. The number of esters is 1. The van der Waals surface area contributed by atoms with Gasteiger partial charge in [0.05, 0.1) is 11.5 Å². The first-order valence-corrected chi connectivity index (χ1v) is 9.77. The van der Waals surface area contributed by atoms with Gasteiger partial charge in [-0.05, 0) is 24.6 Å². The lowest BCUT2D eigenvalue weighted by Gasteiger charge is -2.09. The van der Waals surface area contributed by atoms with E-state index < -0.39 is 22.5 Å². The number of nitrogens with one attached hydrogen (secondary N) is 1. The third-order valence-corrected chi connectivity index (χ3v) is 5.11. The molecular formula is C20H15ClN2O5S. The second-order valence-electron chi connectivity index (χ2n) is 5.81.